The van der Waals surface area contributed by atoms with Crippen molar-refractivity contribution in [2.24, 2.45) is 0 Å². The third-order valence-electron chi connectivity index (χ3n) is 3.15. The predicted octanol–water partition coefficient (Wildman–Crippen LogP) is 1.13. The minimum atomic E-state index is -0.240. The van der Waals surface area contributed by atoms with Crippen LogP contribution in [0.25, 0.3) is 0 Å². The maximum absolute atomic E-state index is 11.8. The van der Waals surface area contributed by atoms with Gasteiger partial charge >= 0.3 is 5.97 Å². The van der Waals surface area contributed by atoms with E-state index in [-0.39, 0.29) is 12.0 Å². The predicted molar refractivity (Wildman–Crippen MR) is 79.3 cm³/mol. The average molecular weight is 303 g/mol. The van der Waals surface area contributed by atoms with Crippen LogP contribution in [0.4, 0.5) is 0 Å². The summed E-state index contributed by atoms with van der Waals surface area (Å²) in [6.07, 6.45) is 3.80. The van der Waals surface area contributed by atoms with Crippen molar-refractivity contribution in [2.75, 3.05) is 46.8 Å². The first-order valence-electron chi connectivity index (χ1n) is 7.85. The van der Waals surface area contributed by atoms with Gasteiger partial charge in [-0.05, 0) is 32.6 Å². The number of methoxy groups -OCH3 is 1. The number of hydrogen-bond acceptors (Lipinski definition) is 6. The van der Waals surface area contributed by atoms with Crippen LogP contribution in [0.1, 0.15) is 32.6 Å². The normalized spacial score (nSPS) is 15.9. The van der Waals surface area contributed by atoms with Gasteiger partial charge < -0.3 is 24.3 Å². The fraction of sp³-hybridized carbons (Fsp3) is 0.933. The molecule has 21 heavy (non-hydrogen) atoms. The molecule has 0 radical (unpaired) electrons. The van der Waals surface area contributed by atoms with Crippen molar-refractivity contribution in [3.8, 4) is 0 Å². The van der Waals surface area contributed by atoms with Crippen LogP contribution in [-0.2, 0) is 23.7 Å². The second-order valence-electron chi connectivity index (χ2n) is 5.11. The first-order valence-corrected chi connectivity index (χ1v) is 7.85. The first kappa shape index (κ1) is 18.4. The van der Waals surface area contributed by atoms with E-state index in [2.05, 4.69) is 5.32 Å². The number of hydrogen-bond donors (Lipinski definition) is 1. The van der Waals surface area contributed by atoms with Gasteiger partial charge in [-0.2, -0.15) is 0 Å². The molecule has 124 valence electrons. The van der Waals surface area contributed by atoms with E-state index in [4.69, 9.17) is 18.9 Å². The summed E-state index contributed by atoms with van der Waals surface area (Å²) in [4.78, 5) is 11.8. The van der Waals surface area contributed by atoms with E-state index in [1.54, 1.807) is 7.11 Å². The van der Waals surface area contributed by atoms with Crippen molar-refractivity contribution < 1.29 is 23.7 Å². The van der Waals surface area contributed by atoms with Crippen molar-refractivity contribution >= 4 is 5.97 Å². The molecule has 1 aliphatic carbocycles. The van der Waals surface area contributed by atoms with Crippen LogP contribution in [0.15, 0.2) is 0 Å². The summed E-state index contributed by atoms with van der Waals surface area (Å²) in [6, 6.07) is 0.240. The van der Waals surface area contributed by atoms with Crippen molar-refractivity contribution in [3.05, 3.63) is 0 Å². The van der Waals surface area contributed by atoms with Crippen LogP contribution in [-0.4, -0.2) is 64.8 Å². The van der Waals surface area contributed by atoms with Crippen LogP contribution in [0.5, 0.6) is 0 Å². The van der Waals surface area contributed by atoms with Gasteiger partial charge in [0.15, 0.2) is 0 Å². The molecular formula is C15H29NO5. The molecule has 1 fully saturated rings. The van der Waals surface area contributed by atoms with Gasteiger partial charge in [0.25, 0.3) is 0 Å². The summed E-state index contributed by atoms with van der Waals surface area (Å²) in [5, 5.41) is 3.31. The highest BCUT2D eigenvalue weighted by molar-refractivity contribution is 5.75. The van der Waals surface area contributed by atoms with E-state index in [1.165, 1.54) is 0 Å². The summed E-state index contributed by atoms with van der Waals surface area (Å²) in [7, 11) is 1.65. The Kier molecular flexibility index (Phi) is 10.4. The molecule has 1 unspecified atom stereocenters. The lowest BCUT2D eigenvalue weighted by Crippen LogP contribution is -2.40. The third kappa shape index (κ3) is 9.79. The number of esters is 1. The average Bonchev–Trinajstić information content (AvgIpc) is 3.28. The molecule has 0 saturated heterocycles. The van der Waals surface area contributed by atoms with E-state index in [9.17, 15) is 4.79 Å². The van der Waals surface area contributed by atoms with E-state index in [0.717, 1.165) is 19.3 Å². The summed E-state index contributed by atoms with van der Waals surface area (Å²) in [6.45, 7) is 5.35. The Morgan fingerprint density at radius 2 is 1.86 bits per heavy atom. The summed E-state index contributed by atoms with van der Waals surface area (Å²) in [5.41, 5.74) is 0. The molecule has 6 nitrogen and oxygen atoms in total. The summed E-state index contributed by atoms with van der Waals surface area (Å²) < 4.78 is 20.8. The fourth-order valence-electron chi connectivity index (χ4n) is 1.86. The van der Waals surface area contributed by atoms with E-state index < -0.39 is 0 Å². The van der Waals surface area contributed by atoms with E-state index in [0.29, 0.717) is 52.1 Å². The molecule has 0 amide bonds. The van der Waals surface area contributed by atoms with Crippen LogP contribution in [0.2, 0.25) is 0 Å². The first-order chi connectivity index (χ1) is 10.3. The quantitative estimate of drug-likeness (QED) is 0.383. The molecule has 1 saturated carbocycles. The molecule has 1 atom stereocenters. The zero-order valence-corrected chi connectivity index (χ0v) is 13.3. The Morgan fingerprint density at radius 3 is 2.48 bits per heavy atom. The Labute approximate surface area is 127 Å². The van der Waals surface area contributed by atoms with Gasteiger partial charge in [-0.25, -0.2) is 0 Å². The zero-order valence-electron chi connectivity index (χ0n) is 13.3. The van der Waals surface area contributed by atoms with E-state index in [1.807, 2.05) is 6.92 Å². The van der Waals surface area contributed by atoms with Gasteiger partial charge in [0.2, 0.25) is 0 Å². The third-order valence-corrected chi connectivity index (χ3v) is 3.15. The standard InChI is InChI=1S/C15H29NO5/c1-3-21-15(17)14(16-13-5-6-13)7-10-19-8-4-9-20-12-11-18-2/h13-14,16H,3-12H2,1-2H3. The molecule has 0 bridgehead atoms. The Hall–Kier alpha value is -0.690. The molecule has 0 aromatic carbocycles. The molecule has 0 aromatic rings. The van der Waals surface area contributed by atoms with Crippen LogP contribution in [0.3, 0.4) is 0 Å². The van der Waals surface area contributed by atoms with Crippen LogP contribution in [0, 0.1) is 0 Å². The van der Waals surface area contributed by atoms with Crippen LogP contribution >= 0.6 is 0 Å². The van der Waals surface area contributed by atoms with Gasteiger partial charge in [0.05, 0.1) is 19.8 Å². The molecule has 0 spiro atoms. The largest absolute Gasteiger partial charge is 0.465 e. The van der Waals surface area contributed by atoms with Crippen molar-refractivity contribution in [1.82, 2.24) is 5.32 Å². The molecule has 1 rings (SSSR count). The number of carbonyl (C=O) groups excluding carboxylic acids is 1. The highest BCUT2D eigenvalue weighted by Crippen LogP contribution is 2.20. The lowest BCUT2D eigenvalue weighted by atomic mass is 10.2. The molecular weight excluding hydrogens is 274 g/mol. The number of rotatable bonds is 14. The lowest BCUT2D eigenvalue weighted by molar-refractivity contribution is -0.146. The molecule has 0 heterocycles. The van der Waals surface area contributed by atoms with Gasteiger partial charge in [-0.15, -0.1) is 0 Å². The van der Waals surface area contributed by atoms with E-state index >= 15 is 0 Å². The van der Waals surface area contributed by atoms with Gasteiger partial charge in [-0.3, -0.25) is 4.79 Å². The van der Waals surface area contributed by atoms with Gasteiger partial charge in [0.1, 0.15) is 6.04 Å². The van der Waals surface area contributed by atoms with Gasteiger partial charge in [0, 0.05) is 33.0 Å². The highest BCUT2D eigenvalue weighted by atomic mass is 16.5. The zero-order chi connectivity index (χ0) is 15.3. The second kappa shape index (κ2) is 11.9. The molecule has 0 aromatic heterocycles. The minimum absolute atomic E-state index is 0.170. The number of carbonyl (C=O) groups is 1. The Bertz CT molecular complexity index is 271. The lowest BCUT2D eigenvalue weighted by Gasteiger charge is -2.17. The topological polar surface area (TPSA) is 66.0 Å². The SMILES string of the molecule is CCOC(=O)C(CCOCCCOCCOC)NC1CC1. The summed E-state index contributed by atoms with van der Waals surface area (Å²) in [5.74, 6) is -0.170. The Balaban J connectivity index is 2.00. The number of ether oxygens (including phenoxy) is 4. The van der Waals surface area contributed by atoms with Gasteiger partial charge in [-0.1, -0.05) is 0 Å². The monoisotopic (exact) mass is 303 g/mol. The smallest absolute Gasteiger partial charge is 0.323 e. The molecule has 1 N–H and O–H groups in total. The van der Waals surface area contributed by atoms with Crippen molar-refractivity contribution in [3.63, 3.8) is 0 Å². The van der Waals surface area contributed by atoms with Crippen LogP contribution < -0.4 is 5.32 Å². The maximum Gasteiger partial charge on any atom is 0.323 e. The second-order valence-corrected chi connectivity index (χ2v) is 5.11. The minimum Gasteiger partial charge on any atom is -0.465 e. The van der Waals surface area contributed by atoms with Crippen molar-refractivity contribution in [2.45, 2.75) is 44.7 Å². The summed E-state index contributed by atoms with van der Waals surface area (Å²) >= 11 is 0. The van der Waals surface area contributed by atoms with Crippen molar-refractivity contribution in [1.29, 1.82) is 0 Å². The number of nitrogens with one attached hydrogen (secondary N) is 1. The highest BCUT2D eigenvalue weighted by Gasteiger charge is 2.28. The molecule has 0 aliphatic heterocycles. The fourth-order valence-corrected chi connectivity index (χ4v) is 1.86. The maximum atomic E-state index is 11.8. The molecule has 1 aliphatic rings. The Morgan fingerprint density at radius 1 is 1.14 bits per heavy atom. The molecule has 6 heteroatoms.